The first-order valence-corrected chi connectivity index (χ1v) is 11.3. The number of nitrogens with zero attached hydrogens (tertiary/aromatic N) is 3. The van der Waals surface area contributed by atoms with Crippen LogP contribution in [0, 0.1) is 5.82 Å². The van der Waals surface area contributed by atoms with E-state index in [-0.39, 0.29) is 17.8 Å². The summed E-state index contributed by atoms with van der Waals surface area (Å²) in [5.74, 6) is 1.60. The summed E-state index contributed by atoms with van der Waals surface area (Å²) < 4.78 is 24.6. The van der Waals surface area contributed by atoms with Crippen LogP contribution in [-0.2, 0) is 6.42 Å². The normalized spacial score (nSPS) is 15.9. The fraction of sp³-hybridized carbons (Fsp3) is 0.269. The molecule has 0 radical (unpaired) electrons. The third-order valence-electron chi connectivity index (χ3n) is 6.08. The van der Waals surface area contributed by atoms with Crippen LogP contribution in [0.2, 0.25) is 0 Å². The van der Waals surface area contributed by atoms with Crippen molar-refractivity contribution in [3.8, 4) is 17.0 Å². The lowest BCUT2D eigenvalue weighted by molar-refractivity contribution is 0.0564. The number of likely N-dealkylation sites (tertiary alicyclic amines) is 1. The minimum Gasteiger partial charge on any atom is -0.497 e. The molecule has 2 aromatic carbocycles. The smallest absolute Gasteiger partial charge is 0.272 e. The Balaban J connectivity index is 1.33. The van der Waals surface area contributed by atoms with Crippen LogP contribution in [0.25, 0.3) is 11.3 Å². The number of hydrogen-bond donors (Lipinski definition) is 1. The first-order chi connectivity index (χ1) is 16.6. The van der Waals surface area contributed by atoms with E-state index in [0.717, 1.165) is 41.9 Å². The van der Waals surface area contributed by atoms with Gasteiger partial charge in [-0.2, -0.15) is 5.10 Å². The van der Waals surface area contributed by atoms with Crippen LogP contribution in [0.4, 0.5) is 4.39 Å². The van der Waals surface area contributed by atoms with Crippen molar-refractivity contribution in [2.75, 3.05) is 13.7 Å². The van der Waals surface area contributed by atoms with Gasteiger partial charge in [-0.1, -0.05) is 12.1 Å². The Morgan fingerprint density at radius 3 is 2.88 bits per heavy atom. The van der Waals surface area contributed by atoms with E-state index in [1.54, 1.807) is 36.4 Å². The van der Waals surface area contributed by atoms with E-state index < -0.39 is 0 Å². The number of oxazole rings is 1. The van der Waals surface area contributed by atoms with E-state index >= 15 is 0 Å². The van der Waals surface area contributed by atoms with Crippen molar-refractivity contribution in [2.24, 2.45) is 0 Å². The molecule has 4 aromatic rings. The number of nitrogens with one attached hydrogen (secondary N) is 1. The summed E-state index contributed by atoms with van der Waals surface area (Å²) in [4.78, 5) is 19.7. The van der Waals surface area contributed by atoms with Gasteiger partial charge in [-0.25, -0.2) is 9.37 Å². The Hall–Kier alpha value is -3.94. The van der Waals surface area contributed by atoms with Crippen molar-refractivity contribution < 1.29 is 18.3 Å². The number of methoxy groups -OCH3 is 1. The summed E-state index contributed by atoms with van der Waals surface area (Å²) in [5, 5.41) is 7.09. The Kier molecular flexibility index (Phi) is 6.12. The van der Waals surface area contributed by atoms with Crippen LogP contribution in [0.3, 0.4) is 0 Å². The fourth-order valence-corrected chi connectivity index (χ4v) is 4.33. The summed E-state index contributed by atoms with van der Waals surface area (Å²) in [6.07, 6.45) is 5.01. The molecule has 174 valence electrons. The molecule has 0 saturated carbocycles. The van der Waals surface area contributed by atoms with Gasteiger partial charge in [0.2, 0.25) is 5.89 Å². The molecule has 2 aromatic heterocycles. The number of aromatic nitrogens is 3. The van der Waals surface area contributed by atoms with E-state index in [2.05, 4.69) is 15.2 Å². The lowest BCUT2D eigenvalue weighted by Crippen LogP contribution is -2.38. The number of benzene rings is 2. The number of hydrogen-bond acceptors (Lipinski definition) is 5. The number of H-pyrrole nitrogens is 1. The van der Waals surface area contributed by atoms with E-state index in [0.29, 0.717) is 30.2 Å². The molecule has 1 fully saturated rings. The summed E-state index contributed by atoms with van der Waals surface area (Å²) >= 11 is 0. The van der Waals surface area contributed by atoms with E-state index in [1.807, 2.05) is 24.3 Å². The molecule has 0 spiro atoms. The zero-order valence-electron chi connectivity index (χ0n) is 18.8. The number of carbonyl (C=O) groups excluding carboxylic acids is 1. The molecular weight excluding hydrogens is 435 g/mol. The molecule has 7 nitrogen and oxygen atoms in total. The van der Waals surface area contributed by atoms with Gasteiger partial charge >= 0.3 is 0 Å². The van der Waals surface area contributed by atoms with Crippen molar-refractivity contribution in [3.05, 3.63) is 89.5 Å². The molecule has 1 N–H and O–H groups in total. The van der Waals surface area contributed by atoms with Gasteiger partial charge in [-0.15, -0.1) is 0 Å². The van der Waals surface area contributed by atoms with Gasteiger partial charge in [0.1, 0.15) is 29.1 Å². The fourth-order valence-electron chi connectivity index (χ4n) is 4.33. The average molecular weight is 461 g/mol. The number of amides is 1. The maximum Gasteiger partial charge on any atom is 0.272 e. The molecule has 34 heavy (non-hydrogen) atoms. The van der Waals surface area contributed by atoms with Crippen molar-refractivity contribution in [1.29, 1.82) is 0 Å². The predicted octanol–water partition coefficient (Wildman–Crippen LogP) is 5.17. The average Bonchev–Trinajstić information content (AvgIpc) is 3.54. The second-order valence-corrected chi connectivity index (χ2v) is 8.38. The first-order valence-electron chi connectivity index (χ1n) is 11.3. The van der Waals surface area contributed by atoms with Crippen LogP contribution in [0.5, 0.6) is 5.75 Å². The SMILES string of the molecule is COc1cccc(Cc2cnc([C@@H]3CCCCN3C(=O)c3cc(-c4ccc(F)cc4)n[nH]3)o2)c1. The standard InChI is InChI=1S/C26H25FN4O3/c1-33-20-6-4-5-17(13-20)14-21-16-28-25(34-21)24-7-2-3-12-31(24)26(32)23-15-22(29-30-23)18-8-10-19(27)11-9-18/h4-6,8-11,13,15-16,24H,2-3,7,12,14H2,1H3,(H,29,30)/t24-/m0/s1. The Morgan fingerprint density at radius 2 is 2.06 bits per heavy atom. The van der Waals surface area contributed by atoms with Crippen molar-refractivity contribution in [3.63, 3.8) is 0 Å². The lowest BCUT2D eigenvalue weighted by atomic mass is 10.0. The third kappa shape index (κ3) is 4.57. The monoisotopic (exact) mass is 460 g/mol. The van der Waals surface area contributed by atoms with Gasteiger partial charge in [0.15, 0.2) is 0 Å². The molecule has 1 saturated heterocycles. The summed E-state index contributed by atoms with van der Waals surface area (Å²) in [6, 6.07) is 15.3. The third-order valence-corrected chi connectivity index (χ3v) is 6.08. The van der Waals surface area contributed by atoms with Gasteiger partial charge in [0.05, 0.1) is 19.0 Å². The van der Waals surface area contributed by atoms with Crippen LogP contribution in [0.1, 0.15) is 53.0 Å². The molecule has 3 heterocycles. The Bertz CT molecular complexity index is 1280. The number of carbonyl (C=O) groups is 1. The molecule has 1 aliphatic rings. The summed E-state index contributed by atoms with van der Waals surface area (Å²) in [7, 11) is 1.64. The van der Waals surface area contributed by atoms with Gasteiger partial charge in [0, 0.05) is 18.5 Å². The number of halogens is 1. The minimum atomic E-state index is -0.316. The highest BCUT2D eigenvalue weighted by molar-refractivity contribution is 5.93. The van der Waals surface area contributed by atoms with Crippen LogP contribution < -0.4 is 4.74 Å². The Labute approximate surface area is 196 Å². The predicted molar refractivity (Wildman–Crippen MR) is 124 cm³/mol. The molecule has 1 amide bonds. The van der Waals surface area contributed by atoms with Gasteiger partial charge in [0.25, 0.3) is 5.91 Å². The molecule has 0 unspecified atom stereocenters. The molecular formula is C26H25FN4O3. The maximum atomic E-state index is 13.4. The molecule has 0 aliphatic carbocycles. The quantitative estimate of drug-likeness (QED) is 0.429. The second kappa shape index (κ2) is 9.51. The zero-order valence-corrected chi connectivity index (χ0v) is 18.8. The highest BCUT2D eigenvalue weighted by Gasteiger charge is 2.33. The van der Waals surface area contributed by atoms with E-state index in [4.69, 9.17) is 9.15 Å². The number of aromatic amines is 1. The molecule has 1 aliphatic heterocycles. The highest BCUT2D eigenvalue weighted by atomic mass is 19.1. The summed E-state index contributed by atoms with van der Waals surface area (Å²) in [6.45, 7) is 0.613. The number of rotatable bonds is 6. The van der Waals surface area contributed by atoms with Gasteiger partial charge < -0.3 is 14.1 Å². The van der Waals surface area contributed by atoms with E-state index in [1.165, 1.54) is 12.1 Å². The topological polar surface area (TPSA) is 84.2 Å². The zero-order chi connectivity index (χ0) is 23.5. The van der Waals surface area contributed by atoms with Crippen LogP contribution in [0.15, 0.2) is 65.2 Å². The number of ether oxygens (including phenoxy) is 1. The van der Waals surface area contributed by atoms with Crippen LogP contribution >= 0.6 is 0 Å². The number of piperidine rings is 1. The lowest BCUT2D eigenvalue weighted by Gasteiger charge is -2.33. The van der Waals surface area contributed by atoms with Gasteiger partial charge in [-0.05, 0) is 67.3 Å². The van der Waals surface area contributed by atoms with E-state index in [9.17, 15) is 9.18 Å². The molecule has 1 atom stereocenters. The van der Waals surface area contributed by atoms with Crippen molar-refractivity contribution >= 4 is 5.91 Å². The molecule has 8 heteroatoms. The van der Waals surface area contributed by atoms with Gasteiger partial charge in [-0.3, -0.25) is 9.89 Å². The van der Waals surface area contributed by atoms with Crippen LogP contribution in [-0.4, -0.2) is 39.6 Å². The molecule has 5 rings (SSSR count). The first kappa shape index (κ1) is 21.9. The highest BCUT2D eigenvalue weighted by Crippen LogP contribution is 2.32. The second-order valence-electron chi connectivity index (χ2n) is 8.38. The minimum absolute atomic E-state index is 0.155. The summed E-state index contributed by atoms with van der Waals surface area (Å²) in [5.41, 5.74) is 2.77. The molecule has 0 bridgehead atoms. The van der Waals surface area contributed by atoms with Crippen molar-refractivity contribution in [1.82, 2.24) is 20.1 Å². The largest absolute Gasteiger partial charge is 0.497 e. The van der Waals surface area contributed by atoms with Crippen molar-refractivity contribution in [2.45, 2.75) is 31.7 Å². The maximum absolute atomic E-state index is 13.4. The Morgan fingerprint density at radius 1 is 1.21 bits per heavy atom.